The zero-order valence-corrected chi connectivity index (χ0v) is 14.1. The first-order chi connectivity index (χ1) is 11.6. The second-order valence-corrected chi connectivity index (χ2v) is 6.40. The fourth-order valence-electron chi connectivity index (χ4n) is 3.18. The Kier molecular flexibility index (Phi) is 5.25. The smallest absolute Gasteiger partial charge is 0.267 e. The Morgan fingerprint density at radius 1 is 1.17 bits per heavy atom. The average molecular weight is 328 g/mol. The van der Waals surface area contributed by atoms with Gasteiger partial charge in [-0.25, -0.2) is 5.01 Å². The second kappa shape index (κ2) is 7.57. The fraction of sp³-hybridized carbons (Fsp3) is 0.500. The van der Waals surface area contributed by atoms with Crippen LogP contribution in [0.4, 0.5) is 0 Å². The Hall–Kier alpha value is -2.21. The summed E-state index contributed by atoms with van der Waals surface area (Å²) in [7, 11) is 1.58. The lowest BCUT2D eigenvalue weighted by molar-refractivity contribution is -0.130. The normalized spacial score (nSPS) is 18.6. The number of benzene rings is 1. The summed E-state index contributed by atoms with van der Waals surface area (Å²) >= 11 is 0. The number of carbonyl (C=O) groups is 2. The van der Waals surface area contributed by atoms with Gasteiger partial charge in [-0.15, -0.1) is 0 Å². The SMILES string of the molecule is CN1N=C(C(=O)NCc2ccccc2CN2CCCC2)CCC1=O. The molecule has 24 heavy (non-hydrogen) atoms. The van der Waals surface area contributed by atoms with Crippen molar-refractivity contribution in [3.63, 3.8) is 0 Å². The highest BCUT2D eigenvalue weighted by molar-refractivity contribution is 6.39. The maximum absolute atomic E-state index is 12.3. The third-order valence-corrected chi connectivity index (χ3v) is 4.62. The molecule has 2 heterocycles. The van der Waals surface area contributed by atoms with E-state index in [9.17, 15) is 9.59 Å². The Morgan fingerprint density at radius 3 is 2.58 bits per heavy atom. The molecule has 1 saturated heterocycles. The van der Waals surface area contributed by atoms with Crippen LogP contribution in [-0.2, 0) is 22.7 Å². The Morgan fingerprint density at radius 2 is 1.88 bits per heavy atom. The van der Waals surface area contributed by atoms with Crippen LogP contribution in [0.5, 0.6) is 0 Å². The molecule has 6 heteroatoms. The van der Waals surface area contributed by atoms with Crippen LogP contribution in [0.15, 0.2) is 29.4 Å². The predicted molar refractivity (Wildman–Crippen MR) is 92.2 cm³/mol. The summed E-state index contributed by atoms with van der Waals surface area (Å²) in [5, 5.41) is 8.25. The van der Waals surface area contributed by atoms with E-state index in [1.807, 2.05) is 12.1 Å². The highest BCUT2D eigenvalue weighted by atomic mass is 16.2. The average Bonchev–Trinajstić information content (AvgIpc) is 3.09. The van der Waals surface area contributed by atoms with Gasteiger partial charge in [0.05, 0.1) is 0 Å². The zero-order chi connectivity index (χ0) is 16.9. The van der Waals surface area contributed by atoms with Gasteiger partial charge in [0.2, 0.25) is 5.91 Å². The third-order valence-electron chi connectivity index (χ3n) is 4.62. The van der Waals surface area contributed by atoms with Crippen molar-refractivity contribution in [2.45, 2.75) is 38.8 Å². The number of hydrogen-bond acceptors (Lipinski definition) is 4. The van der Waals surface area contributed by atoms with Crippen molar-refractivity contribution in [2.75, 3.05) is 20.1 Å². The topological polar surface area (TPSA) is 65.0 Å². The van der Waals surface area contributed by atoms with E-state index in [1.54, 1.807) is 7.05 Å². The minimum Gasteiger partial charge on any atom is -0.347 e. The van der Waals surface area contributed by atoms with E-state index in [0.717, 1.165) is 25.2 Å². The van der Waals surface area contributed by atoms with E-state index < -0.39 is 0 Å². The molecule has 1 aromatic carbocycles. The van der Waals surface area contributed by atoms with Gasteiger partial charge in [-0.3, -0.25) is 14.5 Å². The minimum atomic E-state index is -0.190. The Balaban J connectivity index is 1.61. The lowest BCUT2D eigenvalue weighted by atomic mass is 10.1. The zero-order valence-electron chi connectivity index (χ0n) is 14.1. The molecule has 1 N–H and O–H groups in total. The molecule has 3 rings (SSSR count). The Labute approximate surface area is 142 Å². The molecule has 2 amide bonds. The van der Waals surface area contributed by atoms with Gasteiger partial charge in [0, 0.05) is 33.0 Å². The van der Waals surface area contributed by atoms with Crippen molar-refractivity contribution in [3.05, 3.63) is 35.4 Å². The van der Waals surface area contributed by atoms with Crippen molar-refractivity contribution in [3.8, 4) is 0 Å². The summed E-state index contributed by atoms with van der Waals surface area (Å²) in [6.45, 7) is 3.72. The molecule has 1 aromatic rings. The molecule has 0 radical (unpaired) electrons. The summed E-state index contributed by atoms with van der Waals surface area (Å²) in [5.74, 6) is -0.243. The van der Waals surface area contributed by atoms with Crippen molar-refractivity contribution in [1.29, 1.82) is 0 Å². The first-order valence-corrected chi connectivity index (χ1v) is 8.55. The predicted octanol–water partition coefficient (Wildman–Crippen LogP) is 1.51. The molecule has 0 bridgehead atoms. The summed E-state index contributed by atoms with van der Waals surface area (Å²) in [6, 6.07) is 8.23. The van der Waals surface area contributed by atoms with E-state index in [1.165, 1.54) is 23.4 Å². The standard InChI is InChI=1S/C18H24N4O2/c1-21-17(23)9-8-16(20-21)18(24)19-12-14-6-2-3-7-15(14)13-22-10-4-5-11-22/h2-3,6-7H,4-5,8-13H2,1H3,(H,19,24). The number of rotatable bonds is 5. The van der Waals surface area contributed by atoms with Gasteiger partial charge >= 0.3 is 0 Å². The Bertz CT molecular complexity index is 650. The minimum absolute atomic E-state index is 0.0532. The molecule has 0 aromatic heterocycles. The lowest BCUT2D eigenvalue weighted by Gasteiger charge is -2.20. The molecule has 0 atom stereocenters. The number of hydrogen-bond donors (Lipinski definition) is 1. The number of carbonyl (C=O) groups excluding carboxylic acids is 2. The molecular formula is C18H24N4O2. The van der Waals surface area contributed by atoms with Gasteiger partial charge < -0.3 is 5.32 Å². The van der Waals surface area contributed by atoms with E-state index in [0.29, 0.717) is 25.1 Å². The summed E-state index contributed by atoms with van der Waals surface area (Å²) in [4.78, 5) is 26.2. The van der Waals surface area contributed by atoms with Crippen LogP contribution in [0.1, 0.15) is 36.8 Å². The van der Waals surface area contributed by atoms with Crippen LogP contribution >= 0.6 is 0 Å². The fourth-order valence-corrected chi connectivity index (χ4v) is 3.18. The van der Waals surface area contributed by atoms with Gasteiger partial charge in [-0.1, -0.05) is 24.3 Å². The molecule has 0 saturated carbocycles. The van der Waals surface area contributed by atoms with Crippen molar-refractivity contribution in [1.82, 2.24) is 15.2 Å². The van der Waals surface area contributed by atoms with Crippen LogP contribution in [0.3, 0.4) is 0 Å². The molecule has 6 nitrogen and oxygen atoms in total. The van der Waals surface area contributed by atoms with Crippen molar-refractivity contribution < 1.29 is 9.59 Å². The molecular weight excluding hydrogens is 304 g/mol. The second-order valence-electron chi connectivity index (χ2n) is 6.40. The molecule has 0 spiro atoms. The highest BCUT2D eigenvalue weighted by Gasteiger charge is 2.22. The van der Waals surface area contributed by atoms with Gasteiger partial charge in [-0.05, 0) is 37.1 Å². The summed E-state index contributed by atoms with van der Waals surface area (Å²) in [6.07, 6.45) is 3.29. The van der Waals surface area contributed by atoms with Gasteiger partial charge in [0.25, 0.3) is 5.91 Å². The first-order valence-electron chi connectivity index (χ1n) is 8.55. The molecule has 2 aliphatic heterocycles. The quantitative estimate of drug-likeness (QED) is 0.891. The molecule has 0 unspecified atom stereocenters. The van der Waals surface area contributed by atoms with Crippen LogP contribution in [0.25, 0.3) is 0 Å². The number of nitrogens with zero attached hydrogens (tertiary/aromatic N) is 3. The van der Waals surface area contributed by atoms with Crippen LogP contribution < -0.4 is 5.32 Å². The molecule has 128 valence electrons. The number of likely N-dealkylation sites (tertiary alicyclic amines) is 1. The van der Waals surface area contributed by atoms with E-state index in [-0.39, 0.29) is 11.8 Å². The van der Waals surface area contributed by atoms with Gasteiger partial charge in [-0.2, -0.15) is 5.10 Å². The first kappa shape index (κ1) is 16.6. The number of nitrogens with one attached hydrogen (secondary N) is 1. The van der Waals surface area contributed by atoms with E-state index >= 15 is 0 Å². The van der Waals surface area contributed by atoms with Crippen molar-refractivity contribution in [2.24, 2.45) is 5.10 Å². The van der Waals surface area contributed by atoms with E-state index in [4.69, 9.17) is 0 Å². The van der Waals surface area contributed by atoms with Crippen LogP contribution in [0, 0.1) is 0 Å². The van der Waals surface area contributed by atoms with Crippen LogP contribution in [-0.4, -0.2) is 47.6 Å². The number of hydrazone groups is 1. The summed E-state index contributed by atoms with van der Waals surface area (Å²) < 4.78 is 0. The van der Waals surface area contributed by atoms with Crippen LogP contribution in [0.2, 0.25) is 0 Å². The lowest BCUT2D eigenvalue weighted by Crippen LogP contribution is -2.37. The monoisotopic (exact) mass is 328 g/mol. The van der Waals surface area contributed by atoms with Gasteiger partial charge in [0.15, 0.2) is 0 Å². The largest absolute Gasteiger partial charge is 0.347 e. The summed E-state index contributed by atoms with van der Waals surface area (Å²) in [5.41, 5.74) is 2.82. The van der Waals surface area contributed by atoms with Gasteiger partial charge in [0.1, 0.15) is 5.71 Å². The molecule has 0 aliphatic carbocycles. The third kappa shape index (κ3) is 4.00. The maximum Gasteiger partial charge on any atom is 0.267 e. The molecule has 2 aliphatic rings. The highest BCUT2D eigenvalue weighted by Crippen LogP contribution is 2.16. The van der Waals surface area contributed by atoms with Crippen molar-refractivity contribution >= 4 is 17.5 Å². The van der Waals surface area contributed by atoms with E-state index in [2.05, 4.69) is 27.5 Å². The molecule has 1 fully saturated rings. The number of amides is 2. The maximum atomic E-state index is 12.3.